The van der Waals surface area contributed by atoms with E-state index in [1.807, 2.05) is 30.3 Å². The van der Waals surface area contributed by atoms with Gasteiger partial charge in [0, 0.05) is 29.5 Å². The van der Waals surface area contributed by atoms with Gasteiger partial charge in [-0.3, -0.25) is 4.98 Å². The minimum absolute atomic E-state index is 0.158. The zero-order valence-corrected chi connectivity index (χ0v) is 15.0. The molecule has 1 amide bonds. The van der Waals surface area contributed by atoms with E-state index < -0.39 is 12.1 Å². The number of pyridine rings is 1. The third-order valence-corrected chi connectivity index (χ3v) is 4.00. The first-order chi connectivity index (χ1) is 13.6. The van der Waals surface area contributed by atoms with Crippen LogP contribution in [0.4, 0.5) is 16.2 Å². The van der Waals surface area contributed by atoms with Crippen molar-refractivity contribution in [2.24, 2.45) is 0 Å². The van der Waals surface area contributed by atoms with E-state index in [1.54, 1.807) is 18.3 Å². The number of nitrogens with zero attached hydrogens (tertiary/aromatic N) is 1. The summed E-state index contributed by atoms with van der Waals surface area (Å²) in [5.74, 6) is -1.02. The number of anilines is 2. The van der Waals surface area contributed by atoms with Gasteiger partial charge in [-0.25, -0.2) is 9.59 Å². The summed E-state index contributed by atoms with van der Waals surface area (Å²) < 4.78 is 4.85. The molecule has 0 saturated carbocycles. The summed E-state index contributed by atoms with van der Waals surface area (Å²) in [5.41, 5.74) is 3.08. The number of carbonyl (C=O) groups is 2. The number of carboxylic acids is 1. The molecule has 0 bridgehead atoms. The van der Waals surface area contributed by atoms with E-state index in [1.165, 1.54) is 12.1 Å². The predicted octanol–water partition coefficient (Wildman–Crippen LogP) is 4.09. The molecule has 0 fully saturated rings. The van der Waals surface area contributed by atoms with E-state index in [2.05, 4.69) is 22.2 Å². The summed E-state index contributed by atoms with van der Waals surface area (Å²) in [5, 5.41) is 16.0. The second kappa shape index (κ2) is 8.68. The van der Waals surface area contributed by atoms with Gasteiger partial charge < -0.3 is 20.5 Å². The van der Waals surface area contributed by atoms with Crippen molar-refractivity contribution in [3.8, 4) is 0 Å². The Labute approximate surface area is 161 Å². The first-order valence-corrected chi connectivity index (χ1v) is 8.57. The number of hydrogen-bond donors (Lipinski definition) is 3. The Morgan fingerprint density at radius 1 is 1.14 bits per heavy atom. The highest BCUT2D eigenvalue weighted by Crippen LogP contribution is 2.27. The highest BCUT2D eigenvalue weighted by Gasteiger charge is 2.11. The average molecular weight is 377 g/mol. The molecule has 0 aliphatic carbocycles. The SMILES string of the molecule is C=CCOC(=O)NCc1ccc(Nc2ccnc3c(C(=O)O)cccc23)cc1. The predicted molar refractivity (Wildman–Crippen MR) is 107 cm³/mol. The maximum atomic E-state index is 11.4. The largest absolute Gasteiger partial charge is 0.478 e. The van der Waals surface area contributed by atoms with Crippen LogP contribution in [0.5, 0.6) is 0 Å². The number of rotatable bonds is 7. The van der Waals surface area contributed by atoms with Crippen LogP contribution in [0, 0.1) is 0 Å². The molecule has 7 nitrogen and oxygen atoms in total. The van der Waals surface area contributed by atoms with Crippen molar-refractivity contribution >= 4 is 34.3 Å². The first-order valence-electron chi connectivity index (χ1n) is 8.57. The molecule has 0 atom stereocenters. The number of ether oxygens (including phenoxy) is 1. The maximum Gasteiger partial charge on any atom is 0.407 e. The Bertz CT molecular complexity index is 1020. The molecule has 0 aliphatic rings. The molecular formula is C21H19N3O4. The molecule has 2 aromatic carbocycles. The molecule has 1 heterocycles. The van der Waals surface area contributed by atoms with E-state index >= 15 is 0 Å². The Morgan fingerprint density at radius 3 is 2.64 bits per heavy atom. The fourth-order valence-electron chi connectivity index (χ4n) is 2.68. The van der Waals surface area contributed by atoms with Gasteiger partial charge >= 0.3 is 12.1 Å². The van der Waals surface area contributed by atoms with Gasteiger partial charge in [0.25, 0.3) is 0 Å². The molecular weight excluding hydrogens is 358 g/mol. The van der Waals surface area contributed by atoms with Crippen LogP contribution in [0.25, 0.3) is 10.9 Å². The fraction of sp³-hybridized carbons (Fsp3) is 0.0952. The van der Waals surface area contributed by atoms with E-state index in [0.29, 0.717) is 12.1 Å². The fourth-order valence-corrected chi connectivity index (χ4v) is 2.68. The molecule has 3 N–H and O–H groups in total. The van der Waals surface area contributed by atoms with Crippen molar-refractivity contribution in [2.45, 2.75) is 6.54 Å². The summed E-state index contributed by atoms with van der Waals surface area (Å²) in [6.07, 6.45) is 2.58. The molecule has 142 valence electrons. The van der Waals surface area contributed by atoms with Crippen LogP contribution in [-0.2, 0) is 11.3 Å². The third kappa shape index (κ3) is 4.45. The Morgan fingerprint density at radius 2 is 1.93 bits per heavy atom. The molecule has 0 saturated heterocycles. The van der Waals surface area contributed by atoms with Crippen molar-refractivity contribution in [1.82, 2.24) is 10.3 Å². The van der Waals surface area contributed by atoms with Gasteiger partial charge in [-0.2, -0.15) is 0 Å². The second-order valence-electron chi connectivity index (χ2n) is 5.93. The molecule has 1 aromatic heterocycles. The molecule has 0 spiro atoms. The lowest BCUT2D eigenvalue weighted by atomic mass is 10.1. The van der Waals surface area contributed by atoms with Crippen molar-refractivity contribution in [3.05, 3.63) is 78.5 Å². The quantitative estimate of drug-likeness (QED) is 0.536. The van der Waals surface area contributed by atoms with Crippen LogP contribution in [0.1, 0.15) is 15.9 Å². The summed E-state index contributed by atoms with van der Waals surface area (Å²) >= 11 is 0. The standard InChI is InChI=1S/C21H19N3O4/c1-2-12-28-21(27)23-13-14-6-8-15(9-7-14)24-18-10-11-22-19-16(18)4-3-5-17(19)20(25)26/h2-11H,1,12-13H2,(H,22,24)(H,23,27)(H,25,26). The number of amides is 1. The molecule has 3 aromatic rings. The van der Waals surface area contributed by atoms with Gasteiger partial charge in [-0.15, -0.1) is 0 Å². The van der Waals surface area contributed by atoms with Crippen LogP contribution in [0.15, 0.2) is 67.4 Å². The van der Waals surface area contributed by atoms with Gasteiger partial charge in [0.15, 0.2) is 0 Å². The number of aromatic nitrogens is 1. The van der Waals surface area contributed by atoms with Crippen LogP contribution in [0.3, 0.4) is 0 Å². The highest BCUT2D eigenvalue weighted by molar-refractivity contribution is 6.05. The zero-order chi connectivity index (χ0) is 19.9. The van der Waals surface area contributed by atoms with Crippen LogP contribution < -0.4 is 10.6 Å². The number of para-hydroxylation sites is 1. The maximum absolute atomic E-state index is 11.4. The Balaban J connectivity index is 1.72. The monoisotopic (exact) mass is 377 g/mol. The number of alkyl carbamates (subject to hydrolysis) is 1. The smallest absolute Gasteiger partial charge is 0.407 e. The lowest BCUT2D eigenvalue weighted by molar-refractivity contribution is 0.0698. The van der Waals surface area contributed by atoms with Crippen molar-refractivity contribution in [1.29, 1.82) is 0 Å². The molecule has 7 heteroatoms. The minimum atomic E-state index is -1.02. The molecule has 0 aliphatic heterocycles. The van der Waals surface area contributed by atoms with E-state index in [0.717, 1.165) is 22.3 Å². The molecule has 0 radical (unpaired) electrons. The van der Waals surface area contributed by atoms with Gasteiger partial charge in [0.2, 0.25) is 0 Å². The number of fused-ring (bicyclic) bond motifs is 1. The molecule has 28 heavy (non-hydrogen) atoms. The molecule has 0 unspecified atom stereocenters. The van der Waals surface area contributed by atoms with Crippen LogP contribution in [0.2, 0.25) is 0 Å². The zero-order valence-electron chi connectivity index (χ0n) is 15.0. The summed E-state index contributed by atoms with van der Waals surface area (Å²) in [6, 6.07) is 14.3. The Hall–Kier alpha value is -3.87. The minimum Gasteiger partial charge on any atom is -0.478 e. The van der Waals surface area contributed by atoms with Gasteiger partial charge in [-0.1, -0.05) is 36.9 Å². The van der Waals surface area contributed by atoms with Crippen molar-refractivity contribution in [3.63, 3.8) is 0 Å². The van der Waals surface area contributed by atoms with E-state index in [-0.39, 0.29) is 12.2 Å². The first kappa shape index (κ1) is 18.9. The molecule has 3 rings (SSSR count). The average Bonchev–Trinajstić information content (AvgIpc) is 2.71. The van der Waals surface area contributed by atoms with Gasteiger partial charge in [0.05, 0.1) is 11.1 Å². The number of carbonyl (C=O) groups excluding carboxylic acids is 1. The second-order valence-corrected chi connectivity index (χ2v) is 5.93. The summed E-state index contributed by atoms with van der Waals surface area (Å²) in [7, 11) is 0. The lowest BCUT2D eigenvalue weighted by Crippen LogP contribution is -2.23. The normalized spacial score (nSPS) is 10.3. The van der Waals surface area contributed by atoms with E-state index in [9.17, 15) is 14.7 Å². The number of carboxylic acid groups (broad SMARTS) is 1. The van der Waals surface area contributed by atoms with Crippen molar-refractivity contribution < 1.29 is 19.4 Å². The highest BCUT2D eigenvalue weighted by atomic mass is 16.5. The number of nitrogens with one attached hydrogen (secondary N) is 2. The summed E-state index contributed by atoms with van der Waals surface area (Å²) in [6.45, 7) is 3.99. The van der Waals surface area contributed by atoms with Crippen LogP contribution in [-0.4, -0.2) is 28.8 Å². The van der Waals surface area contributed by atoms with Gasteiger partial charge in [-0.05, 0) is 29.8 Å². The summed E-state index contributed by atoms with van der Waals surface area (Å²) in [4.78, 5) is 27.0. The number of hydrogen-bond acceptors (Lipinski definition) is 5. The number of aromatic carboxylic acids is 1. The van der Waals surface area contributed by atoms with Gasteiger partial charge in [0.1, 0.15) is 6.61 Å². The topological polar surface area (TPSA) is 101 Å². The van der Waals surface area contributed by atoms with Crippen molar-refractivity contribution in [2.75, 3.05) is 11.9 Å². The lowest BCUT2D eigenvalue weighted by Gasteiger charge is -2.11. The third-order valence-electron chi connectivity index (χ3n) is 4.00. The Kier molecular flexibility index (Phi) is 5.86. The number of benzene rings is 2. The van der Waals surface area contributed by atoms with Crippen LogP contribution >= 0.6 is 0 Å². The van der Waals surface area contributed by atoms with E-state index in [4.69, 9.17) is 4.74 Å².